The molecule has 0 aliphatic heterocycles. The Morgan fingerprint density at radius 2 is 2.00 bits per heavy atom. The van der Waals surface area contributed by atoms with Crippen LogP contribution in [0.3, 0.4) is 0 Å². The molecule has 0 saturated carbocycles. The monoisotopic (exact) mass is 218 g/mol. The van der Waals surface area contributed by atoms with E-state index in [0.29, 0.717) is 6.42 Å². The third-order valence-corrected chi connectivity index (χ3v) is 2.37. The number of hydrogen-bond donors (Lipinski definition) is 1. The summed E-state index contributed by atoms with van der Waals surface area (Å²) in [4.78, 5) is 23.9. The Bertz CT molecular complexity index is 207. The fourth-order valence-corrected chi connectivity index (χ4v) is 1.52. The zero-order valence-corrected chi connectivity index (χ0v) is 9.98. The Labute approximate surface area is 89.4 Å². The van der Waals surface area contributed by atoms with Crippen molar-refractivity contribution in [3.8, 4) is 0 Å². The van der Waals surface area contributed by atoms with Crippen molar-refractivity contribution in [3.05, 3.63) is 0 Å². The van der Waals surface area contributed by atoms with Gasteiger partial charge in [-0.3, -0.25) is 9.59 Å². The van der Waals surface area contributed by atoms with Crippen molar-refractivity contribution in [3.63, 3.8) is 0 Å². The van der Waals surface area contributed by atoms with Crippen LogP contribution in [0.4, 0.5) is 0 Å². The van der Waals surface area contributed by atoms with Crippen molar-refractivity contribution in [2.75, 3.05) is 26.1 Å². The molecule has 0 radical (unpaired) electrons. The molecular weight excluding hydrogens is 200 g/mol. The molecule has 5 heteroatoms. The number of nitrogens with one attached hydrogen (secondary N) is 1. The highest BCUT2D eigenvalue weighted by Gasteiger charge is 2.20. The first-order valence-corrected chi connectivity index (χ1v) is 5.85. The summed E-state index contributed by atoms with van der Waals surface area (Å²) in [5, 5.41) is 2.65. The zero-order chi connectivity index (χ0) is 11.1. The van der Waals surface area contributed by atoms with Gasteiger partial charge in [0.2, 0.25) is 11.8 Å². The summed E-state index contributed by atoms with van der Waals surface area (Å²) in [5.41, 5.74) is 0. The van der Waals surface area contributed by atoms with Crippen molar-refractivity contribution < 1.29 is 9.59 Å². The fourth-order valence-electron chi connectivity index (χ4n) is 1.05. The molecule has 0 aliphatic carbocycles. The van der Waals surface area contributed by atoms with Crippen LogP contribution in [0.15, 0.2) is 0 Å². The van der Waals surface area contributed by atoms with Crippen LogP contribution in [0.1, 0.15) is 13.3 Å². The maximum Gasteiger partial charge on any atom is 0.244 e. The van der Waals surface area contributed by atoms with Crippen LogP contribution in [0.2, 0.25) is 0 Å². The summed E-state index contributed by atoms with van der Waals surface area (Å²) in [7, 11) is 3.38. The van der Waals surface area contributed by atoms with Gasteiger partial charge in [-0.1, -0.05) is 0 Å². The Morgan fingerprint density at radius 1 is 1.43 bits per heavy atom. The number of hydrogen-bond acceptors (Lipinski definition) is 3. The molecule has 0 bridgehead atoms. The fraction of sp³-hybridized carbons (Fsp3) is 0.778. The molecule has 14 heavy (non-hydrogen) atoms. The van der Waals surface area contributed by atoms with Crippen molar-refractivity contribution in [1.29, 1.82) is 0 Å². The average molecular weight is 218 g/mol. The van der Waals surface area contributed by atoms with E-state index >= 15 is 0 Å². The van der Waals surface area contributed by atoms with Gasteiger partial charge >= 0.3 is 0 Å². The summed E-state index contributed by atoms with van der Waals surface area (Å²) < 4.78 is 0. The van der Waals surface area contributed by atoms with Crippen molar-refractivity contribution in [2.45, 2.75) is 19.4 Å². The van der Waals surface area contributed by atoms with Gasteiger partial charge in [-0.25, -0.2) is 0 Å². The molecule has 1 atom stereocenters. The zero-order valence-electron chi connectivity index (χ0n) is 9.16. The summed E-state index contributed by atoms with van der Waals surface area (Å²) in [6.07, 6.45) is 2.66. The lowest BCUT2D eigenvalue weighted by atomic mass is 10.2. The standard InChI is InChI=1S/C9H18N2O2S/c1-7(12)10-8(5-6-14-4)9(13)11(2)3/h8H,5-6H2,1-4H3,(H,10,12). The lowest BCUT2D eigenvalue weighted by Crippen LogP contribution is -2.45. The lowest BCUT2D eigenvalue weighted by molar-refractivity contribution is -0.133. The van der Waals surface area contributed by atoms with Crippen LogP contribution in [0.25, 0.3) is 0 Å². The van der Waals surface area contributed by atoms with Gasteiger partial charge in [0.05, 0.1) is 0 Å². The van der Waals surface area contributed by atoms with Crippen molar-refractivity contribution in [1.82, 2.24) is 10.2 Å². The quantitative estimate of drug-likeness (QED) is 0.723. The van der Waals surface area contributed by atoms with Gasteiger partial charge in [0.15, 0.2) is 0 Å². The molecule has 2 amide bonds. The highest BCUT2D eigenvalue weighted by molar-refractivity contribution is 7.98. The molecule has 0 aromatic heterocycles. The Kier molecular flexibility index (Phi) is 6.36. The molecule has 0 saturated heterocycles. The molecule has 0 fully saturated rings. The normalized spacial score (nSPS) is 12.0. The topological polar surface area (TPSA) is 49.4 Å². The summed E-state index contributed by atoms with van der Waals surface area (Å²) in [6, 6.07) is -0.380. The Balaban J connectivity index is 4.22. The average Bonchev–Trinajstić information content (AvgIpc) is 2.10. The second kappa shape index (κ2) is 6.70. The van der Waals surface area contributed by atoms with Gasteiger partial charge in [-0.15, -0.1) is 0 Å². The van der Waals surface area contributed by atoms with Crippen LogP contribution in [-0.4, -0.2) is 48.9 Å². The molecule has 1 unspecified atom stereocenters. The smallest absolute Gasteiger partial charge is 0.244 e. The van der Waals surface area contributed by atoms with E-state index in [9.17, 15) is 9.59 Å². The summed E-state index contributed by atoms with van der Waals surface area (Å²) >= 11 is 1.66. The molecule has 82 valence electrons. The molecule has 0 aromatic rings. The van der Waals surface area contributed by atoms with E-state index in [1.165, 1.54) is 11.8 Å². The van der Waals surface area contributed by atoms with Crippen LogP contribution >= 0.6 is 11.8 Å². The first kappa shape index (κ1) is 13.3. The number of rotatable bonds is 5. The van der Waals surface area contributed by atoms with Crippen LogP contribution < -0.4 is 5.32 Å². The maximum absolute atomic E-state index is 11.6. The van der Waals surface area contributed by atoms with E-state index in [4.69, 9.17) is 0 Å². The first-order valence-electron chi connectivity index (χ1n) is 4.46. The largest absolute Gasteiger partial charge is 0.347 e. The van der Waals surface area contributed by atoms with E-state index in [1.54, 1.807) is 25.9 Å². The molecule has 0 aliphatic rings. The van der Waals surface area contributed by atoms with Crippen LogP contribution in [0, 0.1) is 0 Å². The molecule has 1 N–H and O–H groups in total. The molecular formula is C9H18N2O2S. The minimum atomic E-state index is -0.380. The molecule has 0 aromatic carbocycles. The van der Waals surface area contributed by atoms with Gasteiger partial charge in [-0.2, -0.15) is 11.8 Å². The highest BCUT2D eigenvalue weighted by Crippen LogP contribution is 2.02. The van der Waals surface area contributed by atoms with E-state index in [0.717, 1.165) is 5.75 Å². The predicted octanol–water partition coefficient (Wildman–Crippen LogP) is 0.332. The predicted molar refractivity (Wildman–Crippen MR) is 59.3 cm³/mol. The maximum atomic E-state index is 11.6. The Hall–Kier alpha value is -0.710. The first-order chi connectivity index (χ1) is 6.49. The number of thioether (sulfide) groups is 1. The lowest BCUT2D eigenvalue weighted by Gasteiger charge is -2.20. The van der Waals surface area contributed by atoms with Crippen LogP contribution in [0.5, 0.6) is 0 Å². The van der Waals surface area contributed by atoms with Gasteiger partial charge < -0.3 is 10.2 Å². The SMILES string of the molecule is CSCCC(NC(C)=O)C(=O)N(C)C. The van der Waals surface area contributed by atoms with E-state index in [1.807, 2.05) is 6.26 Å². The number of amides is 2. The molecule has 0 spiro atoms. The number of nitrogens with zero attached hydrogens (tertiary/aromatic N) is 1. The highest BCUT2D eigenvalue weighted by atomic mass is 32.2. The molecule has 0 rings (SSSR count). The van der Waals surface area contributed by atoms with Crippen molar-refractivity contribution in [2.24, 2.45) is 0 Å². The van der Waals surface area contributed by atoms with Crippen LogP contribution in [-0.2, 0) is 9.59 Å². The second-order valence-corrected chi connectivity index (χ2v) is 4.25. The molecule has 0 heterocycles. The third-order valence-electron chi connectivity index (χ3n) is 1.73. The van der Waals surface area contributed by atoms with E-state index in [-0.39, 0.29) is 17.9 Å². The summed E-state index contributed by atoms with van der Waals surface area (Å²) in [6.45, 7) is 1.43. The van der Waals surface area contributed by atoms with Gasteiger partial charge in [0.25, 0.3) is 0 Å². The van der Waals surface area contributed by atoms with Gasteiger partial charge in [-0.05, 0) is 18.4 Å². The van der Waals surface area contributed by atoms with E-state index < -0.39 is 0 Å². The minimum Gasteiger partial charge on any atom is -0.347 e. The molecule has 4 nitrogen and oxygen atoms in total. The minimum absolute atomic E-state index is 0.0470. The summed E-state index contributed by atoms with van der Waals surface area (Å²) in [5.74, 6) is 0.658. The Morgan fingerprint density at radius 3 is 2.36 bits per heavy atom. The van der Waals surface area contributed by atoms with Crippen molar-refractivity contribution >= 4 is 23.6 Å². The van der Waals surface area contributed by atoms with Gasteiger partial charge in [0.1, 0.15) is 6.04 Å². The number of likely N-dealkylation sites (N-methyl/N-ethyl adjacent to an activating group) is 1. The third kappa shape index (κ3) is 5.11. The number of carbonyl (C=O) groups excluding carboxylic acids is 2. The second-order valence-electron chi connectivity index (χ2n) is 3.27. The number of carbonyl (C=O) groups is 2. The van der Waals surface area contributed by atoms with E-state index in [2.05, 4.69) is 5.32 Å². The van der Waals surface area contributed by atoms with Gasteiger partial charge in [0, 0.05) is 21.0 Å².